The van der Waals surface area contributed by atoms with Crippen molar-refractivity contribution in [1.29, 1.82) is 0 Å². The van der Waals surface area contributed by atoms with Crippen molar-refractivity contribution >= 4 is 11.3 Å². The number of nitrogens with one attached hydrogen (secondary N) is 1. The molecule has 0 spiro atoms. The smallest absolute Gasteiger partial charge is 0.107 e. The molecule has 0 aliphatic rings. The predicted octanol–water partition coefficient (Wildman–Crippen LogP) is 2.67. The van der Waals surface area contributed by atoms with E-state index in [1.54, 1.807) is 11.3 Å². The number of thiazole rings is 1. The molecule has 108 valence electrons. The molecule has 0 amide bonds. The van der Waals surface area contributed by atoms with Crippen LogP contribution in [0.2, 0.25) is 0 Å². The van der Waals surface area contributed by atoms with Gasteiger partial charge in [0.25, 0.3) is 0 Å². The molecule has 5 heteroatoms. The fourth-order valence-corrected chi connectivity index (χ4v) is 2.74. The van der Waals surface area contributed by atoms with Crippen LogP contribution < -0.4 is 5.32 Å². The Balaban J connectivity index is 1.91. The van der Waals surface area contributed by atoms with Crippen LogP contribution >= 0.6 is 11.3 Å². The quantitative estimate of drug-likeness (QED) is 0.811. The molecular weight excluding hydrogens is 268 g/mol. The Labute approximate surface area is 124 Å². The van der Waals surface area contributed by atoms with E-state index in [1.165, 1.54) is 16.3 Å². The summed E-state index contributed by atoms with van der Waals surface area (Å²) in [4.78, 5) is 11.1. The maximum absolute atomic E-state index is 4.68. The van der Waals surface area contributed by atoms with Crippen LogP contribution in [0.3, 0.4) is 0 Å². The van der Waals surface area contributed by atoms with E-state index in [-0.39, 0.29) is 0 Å². The van der Waals surface area contributed by atoms with Gasteiger partial charge in [0, 0.05) is 37.4 Å². The normalized spacial score (nSPS) is 11.2. The van der Waals surface area contributed by atoms with Gasteiger partial charge in [0.2, 0.25) is 0 Å². The van der Waals surface area contributed by atoms with Crippen LogP contribution in [0, 0.1) is 0 Å². The van der Waals surface area contributed by atoms with Gasteiger partial charge in [0.1, 0.15) is 5.01 Å². The summed E-state index contributed by atoms with van der Waals surface area (Å²) in [5, 5.41) is 6.65. The summed E-state index contributed by atoms with van der Waals surface area (Å²) in [6.45, 7) is 9.02. The van der Waals surface area contributed by atoms with Crippen molar-refractivity contribution in [1.82, 2.24) is 20.2 Å². The second kappa shape index (κ2) is 8.09. The molecule has 0 radical (unpaired) electrons. The molecule has 0 fully saturated rings. The average Bonchev–Trinajstić information content (AvgIpc) is 2.93. The molecule has 0 bridgehead atoms. The van der Waals surface area contributed by atoms with Crippen LogP contribution in [0.15, 0.2) is 29.9 Å². The molecule has 0 aliphatic carbocycles. The van der Waals surface area contributed by atoms with Gasteiger partial charge < -0.3 is 5.32 Å². The van der Waals surface area contributed by atoms with Gasteiger partial charge in [-0.2, -0.15) is 0 Å². The van der Waals surface area contributed by atoms with E-state index in [4.69, 9.17) is 0 Å². The molecule has 2 aromatic rings. The lowest BCUT2D eigenvalue weighted by atomic mass is 10.2. The van der Waals surface area contributed by atoms with E-state index in [0.29, 0.717) is 0 Å². The maximum atomic E-state index is 4.68. The number of hydrogen-bond donors (Lipinski definition) is 1. The number of nitrogens with zero attached hydrogens (tertiary/aromatic N) is 3. The minimum absolute atomic E-state index is 0.873. The highest BCUT2D eigenvalue weighted by Gasteiger charge is 2.08. The summed E-state index contributed by atoms with van der Waals surface area (Å²) < 4.78 is 0. The van der Waals surface area contributed by atoms with Crippen molar-refractivity contribution in [2.24, 2.45) is 0 Å². The van der Waals surface area contributed by atoms with Crippen molar-refractivity contribution in [3.63, 3.8) is 0 Å². The number of rotatable bonds is 8. The first-order chi connectivity index (χ1) is 9.81. The van der Waals surface area contributed by atoms with Gasteiger partial charge in [-0.05, 0) is 30.8 Å². The van der Waals surface area contributed by atoms with Crippen LogP contribution in [0.4, 0.5) is 0 Å². The van der Waals surface area contributed by atoms with Crippen molar-refractivity contribution in [3.8, 4) is 0 Å². The summed E-state index contributed by atoms with van der Waals surface area (Å²) in [6, 6.07) is 4.14. The van der Waals surface area contributed by atoms with Crippen molar-refractivity contribution in [2.75, 3.05) is 13.1 Å². The predicted molar refractivity (Wildman–Crippen MR) is 83.5 cm³/mol. The Morgan fingerprint density at radius 1 is 1.20 bits per heavy atom. The summed E-state index contributed by atoms with van der Waals surface area (Å²) in [5.41, 5.74) is 2.46. The van der Waals surface area contributed by atoms with Gasteiger partial charge in [-0.15, -0.1) is 11.3 Å². The number of hydrogen-bond acceptors (Lipinski definition) is 5. The van der Waals surface area contributed by atoms with Crippen LogP contribution in [-0.2, 0) is 19.6 Å². The van der Waals surface area contributed by atoms with Crippen molar-refractivity contribution in [2.45, 2.75) is 33.5 Å². The maximum Gasteiger partial charge on any atom is 0.107 e. The van der Waals surface area contributed by atoms with Crippen LogP contribution in [0.25, 0.3) is 0 Å². The Morgan fingerprint density at radius 2 is 2.00 bits per heavy atom. The minimum Gasteiger partial charge on any atom is -0.311 e. The van der Waals surface area contributed by atoms with Gasteiger partial charge in [-0.3, -0.25) is 9.88 Å². The molecule has 2 rings (SSSR count). The lowest BCUT2D eigenvalue weighted by Gasteiger charge is -2.19. The molecule has 0 unspecified atom stereocenters. The molecule has 4 nitrogen and oxygen atoms in total. The second-order valence-electron chi connectivity index (χ2n) is 4.67. The number of pyridine rings is 1. The summed E-state index contributed by atoms with van der Waals surface area (Å²) in [6.07, 6.45) is 3.70. The molecule has 0 aliphatic heterocycles. The lowest BCUT2D eigenvalue weighted by Crippen LogP contribution is -2.22. The van der Waals surface area contributed by atoms with Crippen molar-refractivity contribution in [3.05, 3.63) is 46.2 Å². The fourth-order valence-electron chi connectivity index (χ4n) is 1.99. The zero-order valence-electron chi connectivity index (χ0n) is 12.2. The Kier molecular flexibility index (Phi) is 6.11. The molecule has 20 heavy (non-hydrogen) atoms. The zero-order chi connectivity index (χ0) is 14.2. The third-order valence-corrected chi connectivity index (χ3v) is 4.01. The topological polar surface area (TPSA) is 41.1 Å². The fraction of sp³-hybridized carbons (Fsp3) is 0.467. The third-order valence-electron chi connectivity index (χ3n) is 3.11. The molecule has 0 saturated carbocycles. The molecule has 0 atom stereocenters. The van der Waals surface area contributed by atoms with Crippen LogP contribution in [-0.4, -0.2) is 28.0 Å². The summed E-state index contributed by atoms with van der Waals surface area (Å²) in [5.74, 6) is 0. The van der Waals surface area contributed by atoms with Crippen LogP contribution in [0.5, 0.6) is 0 Å². The van der Waals surface area contributed by atoms with Crippen LogP contribution in [0.1, 0.15) is 30.1 Å². The molecule has 2 aromatic heterocycles. The largest absolute Gasteiger partial charge is 0.311 e. The van der Waals surface area contributed by atoms with Gasteiger partial charge in [-0.1, -0.05) is 13.8 Å². The van der Waals surface area contributed by atoms with Gasteiger partial charge in [0.15, 0.2) is 0 Å². The monoisotopic (exact) mass is 290 g/mol. The first kappa shape index (κ1) is 15.1. The van der Waals surface area contributed by atoms with E-state index >= 15 is 0 Å². The van der Waals surface area contributed by atoms with E-state index in [2.05, 4.69) is 51.5 Å². The van der Waals surface area contributed by atoms with Gasteiger partial charge in [-0.25, -0.2) is 4.98 Å². The first-order valence-corrected chi connectivity index (χ1v) is 7.95. The van der Waals surface area contributed by atoms with Crippen molar-refractivity contribution < 1.29 is 0 Å². The molecule has 0 aromatic carbocycles. The van der Waals surface area contributed by atoms with E-state index in [0.717, 1.165) is 32.7 Å². The zero-order valence-corrected chi connectivity index (χ0v) is 13.0. The minimum atomic E-state index is 0.873. The average molecular weight is 290 g/mol. The highest BCUT2D eigenvalue weighted by Crippen LogP contribution is 2.13. The third kappa shape index (κ3) is 4.67. The summed E-state index contributed by atoms with van der Waals surface area (Å²) >= 11 is 1.74. The Hall–Kier alpha value is -1.30. The highest BCUT2D eigenvalue weighted by atomic mass is 32.1. The van der Waals surface area contributed by atoms with E-state index in [1.807, 2.05) is 12.4 Å². The molecule has 2 heterocycles. The molecule has 0 saturated heterocycles. The SMILES string of the molecule is CCNCc1nc(CN(CC)Cc2ccncc2)cs1. The number of aromatic nitrogens is 2. The Morgan fingerprint density at radius 3 is 2.70 bits per heavy atom. The highest BCUT2D eigenvalue weighted by molar-refractivity contribution is 7.09. The molecular formula is C15H22N4S. The summed E-state index contributed by atoms with van der Waals surface area (Å²) in [7, 11) is 0. The Bertz CT molecular complexity index is 498. The van der Waals surface area contributed by atoms with E-state index < -0.39 is 0 Å². The molecule has 1 N–H and O–H groups in total. The van der Waals surface area contributed by atoms with E-state index in [9.17, 15) is 0 Å². The first-order valence-electron chi connectivity index (χ1n) is 7.07. The standard InChI is InChI=1S/C15H22N4S/c1-3-16-9-15-18-14(12-20-15)11-19(4-2)10-13-5-7-17-8-6-13/h5-8,12,16H,3-4,9-11H2,1-2H3. The second-order valence-corrected chi connectivity index (χ2v) is 5.61. The van der Waals surface area contributed by atoms with Gasteiger partial charge in [0.05, 0.1) is 5.69 Å². The van der Waals surface area contributed by atoms with Gasteiger partial charge >= 0.3 is 0 Å². The lowest BCUT2D eigenvalue weighted by molar-refractivity contribution is 0.268.